The van der Waals surface area contributed by atoms with Crippen molar-refractivity contribution in [2.75, 3.05) is 34.9 Å². The Balaban J connectivity index is 1.76. The minimum Gasteiger partial charge on any atom is -0.481 e. The number of aliphatic hydroxyl groups is 1. The van der Waals surface area contributed by atoms with Gasteiger partial charge in [0.05, 0.1) is 54.2 Å². The monoisotopic (exact) mass is 928 g/mol. The summed E-state index contributed by atoms with van der Waals surface area (Å²) in [7, 11) is 6.19. The van der Waals surface area contributed by atoms with Crippen molar-refractivity contribution in [3.8, 4) is 0 Å². The lowest BCUT2D eigenvalue weighted by Gasteiger charge is -2.41. The molecule has 0 unspecified atom stereocenters. The Morgan fingerprint density at radius 3 is 2.09 bits per heavy atom. The number of nitrogens with zero attached hydrogens (tertiary/aromatic N) is 3. The number of hydrogen-bond acceptors (Lipinski definition) is 10. The highest BCUT2D eigenvalue weighted by Gasteiger charge is 2.44. The van der Waals surface area contributed by atoms with E-state index in [1.807, 2.05) is 52.0 Å². The Labute approximate surface area is 393 Å². The Hall–Kier alpha value is -4.54. The van der Waals surface area contributed by atoms with Crippen LogP contribution in [-0.2, 0) is 38.2 Å². The number of hydrogen-bond donors (Lipinski definition) is 4. The van der Waals surface area contributed by atoms with Gasteiger partial charge in [-0.05, 0) is 81.8 Å². The van der Waals surface area contributed by atoms with Gasteiger partial charge < -0.3 is 44.9 Å². The van der Waals surface area contributed by atoms with E-state index in [9.17, 15) is 39.0 Å². The molecular formula is C50H81N5O11. The van der Waals surface area contributed by atoms with Gasteiger partial charge in [-0.1, -0.05) is 91.3 Å². The molecule has 0 saturated carbocycles. The Morgan fingerprint density at radius 1 is 0.879 bits per heavy atom. The topological polar surface area (TPSA) is 204 Å². The molecule has 3 rings (SSSR count). The molecule has 2 aliphatic rings. The number of nitrogens with one attached hydrogen (secondary N) is 2. The number of likely N-dealkylation sites (N-methyl/N-ethyl adjacent to an activating group) is 2. The molecule has 12 atom stereocenters. The standard InChI is InChI=1S/C50H81N5O11/c1-14-32(6)42(38(64-12)29-39(56)55-28-20-24-37(55)44(65-13)33(7)45(58)51-34(8)43(57)35-21-16-15-17-22-35)53(10)47(60)40(30(2)3)52-46(59)41(31(4)5)54(11)49(63)66-36-23-18-19-26-50(9,27-25-36)48(61)62/h15-18,21-23,30-34,36-38,40-44,57H,14,19-20,24-29H2,1-13H3,(H,51,58)(H,52,59)(H,61,62)/b23-18+/t32-,33+,34+,36-,37-,38+,40-,41-,42-,43+,44+,50+/m0/s1. The van der Waals surface area contributed by atoms with Crippen LogP contribution in [0.1, 0.15) is 125 Å². The summed E-state index contributed by atoms with van der Waals surface area (Å²) in [6.45, 7) is 16.9. The van der Waals surface area contributed by atoms with Crippen molar-refractivity contribution in [2.24, 2.45) is 29.1 Å². The first-order chi connectivity index (χ1) is 31.0. The molecule has 1 aliphatic heterocycles. The fourth-order valence-corrected chi connectivity index (χ4v) is 9.55. The van der Waals surface area contributed by atoms with Crippen molar-refractivity contribution in [1.82, 2.24) is 25.3 Å². The number of aliphatic hydroxyl groups excluding tert-OH is 1. The zero-order chi connectivity index (χ0) is 49.6. The van der Waals surface area contributed by atoms with Gasteiger partial charge in [-0.15, -0.1) is 0 Å². The molecule has 5 amide bonds. The highest BCUT2D eigenvalue weighted by Crippen LogP contribution is 2.34. The maximum Gasteiger partial charge on any atom is 0.410 e. The molecule has 0 aromatic heterocycles. The summed E-state index contributed by atoms with van der Waals surface area (Å²) in [5.74, 6) is -3.83. The van der Waals surface area contributed by atoms with E-state index >= 15 is 0 Å². The maximum atomic E-state index is 14.6. The van der Waals surface area contributed by atoms with E-state index in [0.29, 0.717) is 57.1 Å². The Kier molecular flexibility index (Phi) is 21.6. The molecule has 0 spiro atoms. The van der Waals surface area contributed by atoms with Gasteiger partial charge in [-0.2, -0.15) is 0 Å². The normalized spacial score (nSPS) is 23.4. The second-order valence-electron chi connectivity index (χ2n) is 19.6. The molecule has 1 saturated heterocycles. The highest BCUT2D eigenvalue weighted by molar-refractivity contribution is 5.92. The number of methoxy groups -OCH3 is 2. The quantitative estimate of drug-likeness (QED) is 0.0998. The first-order valence-electron chi connectivity index (χ1n) is 23.8. The number of carbonyl (C=O) groups excluding carboxylic acids is 5. The summed E-state index contributed by atoms with van der Waals surface area (Å²) in [6, 6.07) is 5.56. The molecular weight excluding hydrogens is 847 g/mol. The molecule has 4 N–H and O–H groups in total. The minimum atomic E-state index is -1.00. The minimum absolute atomic E-state index is 0.0519. The van der Waals surface area contributed by atoms with E-state index in [2.05, 4.69) is 10.6 Å². The van der Waals surface area contributed by atoms with Crippen LogP contribution < -0.4 is 10.6 Å². The molecule has 1 aromatic rings. The average molecular weight is 928 g/mol. The third-order valence-electron chi connectivity index (χ3n) is 14.0. The van der Waals surface area contributed by atoms with Crippen LogP contribution in [0.25, 0.3) is 0 Å². The number of rotatable bonds is 22. The lowest BCUT2D eigenvalue weighted by molar-refractivity contribution is -0.149. The molecule has 1 aromatic carbocycles. The summed E-state index contributed by atoms with van der Waals surface area (Å²) in [6.07, 6.45) is 3.47. The smallest absolute Gasteiger partial charge is 0.410 e. The number of benzene rings is 1. The van der Waals surface area contributed by atoms with Crippen LogP contribution in [-0.4, -0.2) is 144 Å². The summed E-state index contributed by atoms with van der Waals surface area (Å²) >= 11 is 0. The highest BCUT2D eigenvalue weighted by atomic mass is 16.6. The van der Waals surface area contributed by atoms with E-state index in [1.54, 1.807) is 69.7 Å². The number of allylic oxidation sites excluding steroid dienone is 1. The molecule has 16 heteroatoms. The number of carbonyl (C=O) groups is 6. The van der Waals surface area contributed by atoms with Crippen LogP contribution in [0.15, 0.2) is 42.5 Å². The van der Waals surface area contributed by atoms with Crippen LogP contribution in [0.5, 0.6) is 0 Å². The third kappa shape index (κ3) is 14.2. The van der Waals surface area contributed by atoms with Gasteiger partial charge in [0, 0.05) is 34.9 Å². The number of ether oxygens (including phenoxy) is 3. The van der Waals surface area contributed by atoms with Gasteiger partial charge in [0.25, 0.3) is 0 Å². The number of aliphatic carboxylic acids is 1. The Bertz CT molecular complexity index is 1790. The molecule has 16 nitrogen and oxygen atoms in total. The van der Waals surface area contributed by atoms with E-state index in [-0.39, 0.29) is 41.9 Å². The zero-order valence-corrected chi connectivity index (χ0v) is 41.8. The number of carboxylic acid groups (broad SMARTS) is 1. The number of carboxylic acids is 1. The first-order valence-corrected chi connectivity index (χ1v) is 23.8. The van der Waals surface area contributed by atoms with E-state index in [1.165, 1.54) is 26.2 Å². The van der Waals surface area contributed by atoms with Crippen molar-refractivity contribution < 1.29 is 53.2 Å². The van der Waals surface area contributed by atoms with Crippen LogP contribution in [0, 0.1) is 29.1 Å². The molecule has 1 heterocycles. The molecule has 66 heavy (non-hydrogen) atoms. The number of likely N-dealkylation sites (tertiary alicyclic amines) is 1. The van der Waals surface area contributed by atoms with Gasteiger partial charge in [0.15, 0.2) is 0 Å². The summed E-state index contributed by atoms with van der Waals surface area (Å²) < 4.78 is 17.8. The third-order valence-corrected chi connectivity index (χ3v) is 14.0. The van der Waals surface area contributed by atoms with Crippen LogP contribution >= 0.6 is 0 Å². The van der Waals surface area contributed by atoms with Crippen molar-refractivity contribution in [2.45, 2.75) is 168 Å². The summed E-state index contributed by atoms with van der Waals surface area (Å²) in [5, 5.41) is 26.6. The first kappa shape index (κ1) is 55.8. The van der Waals surface area contributed by atoms with E-state index in [4.69, 9.17) is 14.2 Å². The van der Waals surface area contributed by atoms with Gasteiger partial charge in [-0.3, -0.25) is 28.9 Å². The number of amides is 5. The summed E-state index contributed by atoms with van der Waals surface area (Å²) in [4.78, 5) is 86.8. The van der Waals surface area contributed by atoms with Crippen molar-refractivity contribution in [3.05, 3.63) is 48.0 Å². The summed E-state index contributed by atoms with van der Waals surface area (Å²) in [5.41, 5.74) is -0.260. The predicted molar refractivity (Wildman–Crippen MR) is 252 cm³/mol. The van der Waals surface area contributed by atoms with Crippen LogP contribution in [0.3, 0.4) is 0 Å². The zero-order valence-electron chi connectivity index (χ0n) is 41.8. The molecule has 0 radical (unpaired) electrons. The Morgan fingerprint density at radius 2 is 1.53 bits per heavy atom. The van der Waals surface area contributed by atoms with Crippen molar-refractivity contribution in [1.29, 1.82) is 0 Å². The predicted octanol–water partition coefficient (Wildman–Crippen LogP) is 5.97. The lowest BCUT2D eigenvalue weighted by Crippen LogP contribution is -2.60. The van der Waals surface area contributed by atoms with E-state index < -0.39 is 83.9 Å². The fraction of sp³-hybridized carbons (Fsp3) is 0.720. The molecule has 1 aliphatic carbocycles. The second-order valence-corrected chi connectivity index (χ2v) is 19.6. The van der Waals surface area contributed by atoms with Crippen molar-refractivity contribution >= 4 is 35.7 Å². The average Bonchev–Trinajstić information content (AvgIpc) is 3.76. The molecule has 1 fully saturated rings. The lowest BCUT2D eigenvalue weighted by atomic mass is 9.79. The SMILES string of the molecule is CC[C@H](C)[C@@H]([C@@H](CC(=O)N1CCC[C@H]1[C@H](OC)[C@@H](C)C(=O)N[C@H](C)[C@@H](O)c1ccccc1)OC)N(C)C(=O)[C@@H](NC(=O)[C@H](C(C)C)N(C)C(=O)O[C@H]1/C=C/CC[C@@](C)(C(=O)O)CC1)C(C)C. The van der Waals surface area contributed by atoms with Gasteiger partial charge >= 0.3 is 12.1 Å². The fourth-order valence-electron chi connectivity index (χ4n) is 9.55. The molecule has 372 valence electrons. The van der Waals surface area contributed by atoms with Gasteiger partial charge in [-0.25, -0.2) is 4.79 Å². The molecule has 0 bridgehead atoms. The maximum absolute atomic E-state index is 14.6. The van der Waals surface area contributed by atoms with Crippen LogP contribution in [0.2, 0.25) is 0 Å². The van der Waals surface area contributed by atoms with Gasteiger partial charge in [0.1, 0.15) is 18.2 Å². The van der Waals surface area contributed by atoms with Crippen LogP contribution in [0.4, 0.5) is 4.79 Å². The largest absolute Gasteiger partial charge is 0.481 e. The van der Waals surface area contributed by atoms with Crippen molar-refractivity contribution in [3.63, 3.8) is 0 Å². The second kappa shape index (κ2) is 25.6. The van der Waals surface area contributed by atoms with E-state index in [0.717, 1.165) is 0 Å². The van der Waals surface area contributed by atoms with Gasteiger partial charge in [0.2, 0.25) is 23.6 Å².